The molecule has 5 rings (SSSR count). The van der Waals surface area contributed by atoms with E-state index in [0.717, 1.165) is 33.4 Å². The van der Waals surface area contributed by atoms with E-state index in [-0.39, 0.29) is 18.2 Å². The minimum Gasteiger partial charge on any atom is -0.479 e. The van der Waals surface area contributed by atoms with Crippen LogP contribution in [-0.2, 0) is 14.9 Å². The van der Waals surface area contributed by atoms with Gasteiger partial charge in [0, 0.05) is 41.3 Å². The van der Waals surface area contributed by atoms with Gasteiger partial charge < -0.3 is 14.4 Å². The number of nitriles is 1. The second kappa shape index (κ2) is 8.17. The number of pyridine rings is 1. The lowest BCUT2D eigenvalue weighted by Gasteiger charge is -2.28. The molecule has 0 unspecified atom stereocenters. The van der Waals surface area contributed by atoms with Crippen LogP contribution in [0.25, 0.3) is 27.8 Å². The van der Waals surface area contributed by atoms with E-state index in [1.165, 1.54) is 19.2 Å². The van der Waals surface area contributed by atoms with Crippen molar-refractivity contribution < 1.29 is 19.0 Å². The zero-order chi connectivity index (χ0) is 25.0. The summed E-state index contributed by atoms with van der Waals surface area (Å²) in [6.45, 7) is 3.99. The molecule has 0 spiro atoms. The fraction of sp³-hybridized carbons (Fsp3) is 0.385. The fourth-order valence-electron chi connectivity index (χ4n) is 5.51. The normalized spacial score (nSPS) is 20.5. The van der Waals surface area contributed by atoms with Crippen molar-refractivity contribution >= 4 is 28.0 Å². The molecule has 35 heavy (non-hydrogen) atoms. The lowest BCUT2D eigenvalue weighted by molar-refractivity contribution is -0.161. The number of aliphatic carboxylic acids is 1. The van der Waals surface area contributed by atoms with Crippen LogP contribution in [0.15, 0.2) is 36.5 Å². The average Bonchev–Trinajstić information content (AvgIpc) is 3.53. The Balaban J connectivity index is 1.87. The third kappa shape index (κ3) is 3.56. The van der Waals surface area contributed by atoms with Gasteiger partial charge in [0.2, 0.25) is 0 Å². The Morgan fingerprint density at radius 1 is 1.40 bits per heavy atom. The van der Waals surface area contributed by atoms with Crippen LogP contribution in [0, 0.1) is 17.1 Å². The summed E-state index contributed by atoms with van der Waals surface area (Å²) >= 11 is 0. The van der Waals surface area contributed by atoms with E-state index in [1.807, 2.05) is 24.5 Å². The molecule has 1 fully saturated rings. The van der Waals surface area contributed by atoms with Gasteiger partial charge >= 0.3 is 5.97 Å². The number of halogens is 1. The molecule has 8 nitrogen and oxygen atoms in total. The Kier molecular flexibility index (Phi) is 5.37. The molecule has 4 aromatic rings. The van der Waals surface area contributed by atoms with Gasteiger partial charge in [-0.05, 0) is 55.5 Å². The second-order valence-electron chi connectivity index (χ2n) is 9.90. The molecule has 1 aliphatic rings. The average molecular weight is 476 g/mol. The Morgan fingerprint density at radius 3 is 2.77 bits per heavy atom. The van der Waals surface area contributed by atoms with Crippen LogP contribution in [0.3, 0.4) is 0 Å². The van der Waals surface area contributed by atoms with Gasteiger partial charge in [-0.2, -0.15) is 10.4 Å². The number of nitrogens with one attached hydrogen (secondary N) is 1. The number of nitrogens with zero attached hydrogens (tertiary/aromatic N) is 4. The van der Waals surface area contributed by atoms with Gasteiger partial charge in [0.15, 0.2) is 11.2 Å². The molecule has 1 saturated carbocycles. The summed E-state index contributed by atoms with van der Waals surface area (Å²) in [4.78, 5) is 17.1. The third-order valence-electron chi connectivity index (χ3n) is 7.29. The predicted octanol–water partition coefficient (Wildman–Crippen LogP) is 4.97. The maximum absolute atomic E-state index is 13.8. The zero-order valence-corrected chi connectivity index (χ0v) is 19.8. The van der Waals surface area contributed by atoms with Crippen molar-refractivity contribution in [3.8, 4) is 11.8 Å². The molecule has 0 saturated heterocycles. The largest absolute Gasteiger partial charge is 0.479 e. The molecule has 3 heterocycles. The van der Waals surface area contributed by atoms with Crippen molar-refractivity contribution in [2.45, 2.75) is 56.5 Å². The van der Waals surface area contributed by atoms with E-state index in [1.54, 1.807) is 18.3 Å². The minimum absolute atomic E-state index is 0.156. The van der Waals surface area contributed by atoms with Crippen LogP contribution in [0.1, 0.15) is 56.7 Å². The Hall–Kier alpha value is -3.77. The lowest BCUT2D eigenvalue weighted by atomic mass is 9.80. The van der Waals surface area contributed by atoms with Crippen LogP contribution >= 0.6 is 0 Å². The third-order valence-corrected chi connectivity index (χ3v) is 7.29. The Labute approximate surface area is 201 Å². The standard InChI is InChI=1S/C26H26FN5O3/c1-25(2,10-11-28)22-20(15-8-9-26(13-15,35-3)24(33)34)21-19(12-16-14-29-31-23(16)30-21)32(22)18-6-4-17(27)5-7-18/h4-7,12,14-15H,8-10,13H2,1-3H3,(H,33,34)(H,29,30,31)/t15-,26+/m1/s1. The number of H-pyrrole nitrogens is 1. The summed E-state index contributed by atoms with van der Waals surface area (Å²) in [5.74, 6) is -1.48. The number of rotatable bonds is 6. The van der Waals surface area contributed by atoms with Crippen LogP contribution in [-0.4, -0.2) is 43.5 Å². The molecule has 0 aliphatic heterocycles. The smallest absolute Gasteiger partial charge is 0.335 e. The second-order valence-corrected chi connectivity index (χ2v) is 9.90. The maximum Gasteiger partial charge on any atom is 0.335 e. The highest BCUT2D eigenvalue weighted by Gasteiger charge is 2.48. The highest BCUT2D eigenvalue weighted by Crippen LogP contribution is 2.50. The predicted molar refractivity (Wildman–Crippen MR) is 128 cm³/mol. The van der Waals surface area contributed by atoms with Crippen molar-refractivity contribution in [3.63, 3.8) is 0 Å². The molecule has 1 aliphatic carbocycles. The molecule has 3 aromatic heterocycles. The molecule has 0 amide bonds. The van der Waals surface area contributed by atoms with Gasteiger partial charge in [-0.1, -0.05) is 13.8 Å². The number of methoxy groups -OCH3 is 1. The first-order chi connectivity index (χ1) is 16.7. The summed E-state index contributed by atoms with van der Waals surface area (Å²) in [6, 6.07) is 10.5. The van der Waals surface area contributed by atoms with Crippen LogP contribution in [0.5, 0.6) is 0 Å². The molecule has 0 bridgehead atoms. The highest BCUT2D eigenvalue weighted by atomic mass is 19.1. The number of benzene rings is 1. The van der Waals surface area contributed by atoms with E-state index in [0.29, 0.717) is 24.9 Å². The number of hydrogen-bond donors (Lipinski definition) is 2. The molecular formula is C26H26FN5O3. The molecular weight excluding hydrogens is 449 g/mol. The summed E-state index contributed by atoms with van der Waals surface area (Å²) < 4.78 is 21.4. The van der Waals surface area contributed by atoms with Gasteiger partial charge in [0.1, 0.15) is 5.82 Å². The Bertz CT molecular complexity index is 1480. The van der Waals surface area contributed by atoms with E-state index in [4.69, 9.17) is 9.72 Å². The SMILES string of the molecule is CO[C@@]1(C(=O)O)CC[C@@H](c2c(C(C)(C)CC#N)n(-c3ccc(F)cc3)c3cc4cn[nH]c4nc23)C1. The molecule has 2 N–H and O–H groups in total. The van der Waals surface area contributed by atoms with Crippen molar-refractivity contribution in [2.24, 2.45) is 0 Å². The van der Waals surface area contributed by atoms with Crippen LogP contribution in [0.4, 0.5) is 4.39 Å². The highest BCUT2D eigenvalue weighted by molar-refractivity contribution is 5.94. The van der Waals surface area contributed by atoms with E-state index < -0.39 is 17.0 Å². The number of aromatic nitrogens is 4. The minimum atomic E-state index is -1.27. The molecule has 1 aromatic carbocycles. The van der Waals surface area contributed by atoms with Crippen molar-refractivity contribution in [1.82, 2.24) is 19.7 Å². The lowest BCUT2D eigenvalue weighted by Crippen LogP contribution is -2.37. The van der Waals surface area contributed by atoms with E-state index >= 15 is 0 Å². The Morgan fingerprint density at radius 2 is 2.14 bits per heavy atom. The number of carboxylic acids is 1. The maximum atomic E-state index is 13.8. The first-order valence-corrected chi connectivity index (χ1v) is 11.5. The monoisotopic (exact) mass is 475 g/mol. The number of aromatic amines is 1. The summed E-state index contributed by atoms with van der Waals surface area (Å²) in [6.07, 6.45) is 3.19. The van der Waals surface area contributed by atoms with E-state index in [9.17, 15) is 19.6 Å². The summed E-state index contributed by atoms with van der Waals surface area (Å²) in [7, 11) is 1.44. The number of carbonyl (C=O) groups is 1. The first-order valence-electron chi connectivity index (χ1n) is 11.5. The first kappa shape index (κ1) is 23.0. The van der Waals surface area contributed by atoms with Gasteiger partial charge in [-0.25, -0.2) is 14.2 Å². The van der Waals surface area contributed by atoms with Gasteiger partial charge in [-0.15, -0.1) is 0 Å². The number of carboxylic acid groups (broad SMARTS) is 1. The van der Waals surface area contributed by atoms with Gasteiger partial charge in [-0.3, -0.25) is 5.10 Å². The molecule has 2 atom stereocenters. The van der Waals surface area contributed by atoms with Crippen LogP contribution in [0.2, 0.25) is 0 Å². The summed E-state index contributed by atoms with van der Waals surface area (Å²) in [5.41, 5.74) is 2.77. The number of hydrogen-bond acceptors (Lipinski definition) is 5. The van der Waals surface area contributed by atoms with Gasteiger partial charge in [0.05, 0.1) is 23.3 Å². The van der Waals surface area contributed by atoms with Crippen molar-refractivity contribution in [1.29, 1.82) is 5.26 Å². The van der Waals surface area contributed by atoms with Crippen molar-refractivity contribution in [2.75, 3.05) is 7.11 Å². The molecule has 0 radical (unpaired) electrons. The van der Waals surface area contributed by atoms with Crippen LogP contribution < -0.4 is 0 Å². The summed E-state index contributed by atoms with van der Waals surface area (Å²) in [5, 5.41) is 27.5. The van der Waals surface area contributed by atoms with Crippen molar-refractivity contribution in [3.05, 3.63) is 53.6 Å². The zero-order valence-electron chi connectivity index (χ0n) is 19.8. The van der Waals surface area contributed by atoms with Gasteiger partial charge in [0.25, 0.3) is 0 Å². The van der Waals surface area contributed by atoms with E-state index in [2.05, 4.69) is 16.3 Å². The topological polar surface area (TPSA) is 117 Å². The fourth-order valence-corrected chi connectivity index (χ4v) is 5.51. The number of fused-ring (bicyclic) bond motifs is 2. The quantitative estimate of drug-likeness (QED) is 0.407. The molecule has 180 valence electrons. The number of ether oxygens (including phenoxy) is 1. The molecule has 9 heteroatoms.